The predicted molar refractivity (Wildman–Crippen MR) is 57.2 cm³/mol. The van der Waals surface area contributed by atoms with E-state index < -0.39 is 24.3 Å². The Morgan fingerprint density at radius 2 is 2.00 bits per heavy atom. The van der Waals surface area contributed by atoms with Crippen molar-refractivity contribution in [1.82, 2.24) is 0 Å². The zero-order valence-corrected chi connectivity index (χ0v) is 9.29. The molecule has 1 aliphatic heterocycles. The lowest BCUT2D eigenvalue weighted by atomic mass is 10.0. The van der Waals surface area contributed by atoms with E-state index in [9.17, 15) is 9.59 Å². The molecule has 0 spiro atoms. The summed E-state index contributed by atoms with van der Waals surface area (Å²) in [5, 5.41) is 0. The van der Waals surface area contributed by atoms with Crippen LogP contribution in [-0.2, 0) is 19.0 Å². The minimum Gasteiger partial charge on any atom is -0.463 e. The van der Waals surface area contributed by atoms with Gasteiger partial charge in [0.05, 0.1) is 6.61 Å². The van der Waals surface area contributed by atoms with Crippen LogP contribution < -0.4 is 0 Å². The summed E-state index contributed by atoms with van der Waals surface area (Å²) in [6.45, 7) is 1.92. The van der Waals surface area contributed by atoms with Gasteiger partial charge in [-0.3, -0.25) is 0 Å². The van der Waals surface area contributed by atoms with Gasteiger partial charge in [-0.05, 0) is 12.5 Å². The number of carbonyl (C=O) groups excluding carboxylic acids is 2. The fraction of sp³-hybridized carbons (Fsp3) is 0.333. The molecule has 1 aromatic rings. The van der Waals surface area contributed by atoms with Crippen molar-refractivity contribution in [2.75, 3.05) is 6.61 Å². The van der Waals surface area contributed by atoms with E-state index in [-0.39, 0.29) is 6.61 Å². The second kappa shape index (κ2) is 4.86. The van der Waals surface area contributed by atoms with Crippen LogP contribution in [0.5, 0.6) is 0 Å². The van der Waals surface area contributed by atoms with E-state index in [2.05, 4.69) is 0 Å². The average Bonchev–Trinajstić information content (AvgIpc) is 2.73. The van der Waals surface area contributed by atoms with Gasteiger partial charge in [0.1, 0.15) is 0 Å². The summed E-state index contributed by atoms with van der Waals surface area (Å²) in [6.07, 6.45) is -2.61. The van der Waals surface area contributed by atoms with Gasteiger partial charge in [0.15, 0.2) is 6.10 Å². The highest BCUT2D eigenvalue weighted by atomic mass is 16.8. The number of ether oxygens (including phenoxy) is 3. The molecule has 17 heavy (non-hydrogen) atoms. The number of carbonyl (C=O) groups is 2. The first-order chi connectivity index (χ1) is 8.22. The maximum atomic E-state index is 11.6. The second-order valence-electron chi connectivity index (χ2n) is 3.49. The molecule has 2 atom stereocenters. The molecular formula is C12H12O5. The SMILES string of the molecule is CCOC(=O)[C@H]1OC(=O)O[C@@H]1c1ccccc1. The monoisotopic (exact) mass is 236 g/mol. The molecule has 0 amide bonds. The smallest absolute Gasteiger partial charge is 0.463 e. The van der Waals surface area contributed by atoms with E-state index in [0.29, 0.717) is 5.56 Å². The minimum atomic E-state index is -1.02. The van der Waals surface area contributed by atoms with E-state index in [1.54, 1.807) is 31.2 Å². The summed E-state index contributed by atoms with van der Waals surface area (Å²) in [6, 6.07) is 8.95. The molecule has 0 aromatic heterocycles. The summed E-state index contributed by atoms with van der Waals surface area (Å²) in [4.78, 5) is 22.7. The predicted octanol–water partition coefficient (Wildman–Crippen LogP) is 1.83. The highest BCUT2D eigenvalue weighted by Crippen LogP contribution is 2.30. The number of benzene rings is 1. The minimum absolute atomic E-state index is 0.231. The van der Waals surface area contributed by atoms with Crippen molar-refractivity contribution in [2.24, 2.45) is 0 Å². The Kier molecular flexibility index (Phi) is 3.27. The third-order valence-corrected chi connectivity index (χ3v) is 2.37. The van der Waals surface area contributed by atoms with Crippen LogP contribution in [0.4, 0.5) is 4.79 Å². The van der Waals surface area contributed by atoms with Gasteiger partial charge >= 0.3 is 12.1 Å². The van der Waals surface area contributed by atoms with Crippen molar-refractivity contribution in [3.05, 3.63) is 35.9 Å². The van der Waals surface area contributed by atoms with E-state index >= 15 is 0 Å². The summed E-state index contributed by atoms with van der Waals surface area (Å²) < 4.78 is 14.6. The largest absolute Gasteiger partial charge is 0.510 e. The van der Waals surface area contributed by atoms with Gasteiger partial charge in [-0.15, -0.1) is 0 Å². The number of hydrogen-bond acceptors (Lipinski definition) is 5. The van der Waals surface area contributed by atoms with Crippen molar-refractivity contribution in [3.8, 4) is 0 Å². The van der Waals surface area contributed by atoms with Gasteiger partial charge < -0.3 is 14.2 Å². The standard InChI is InChI=1S/C12H12O5/c1-2-15-11(13)10-9(16-12(14)17-10)8-6-4-3-5-7-8/h3-7,9-10H,2H2,1H3/t9-,10+/m1/s1. The zero-order valence-electron chi connectivity index (χ0n) is 9.29. The molecule has 1 heterocycles. The van der Waals surface area contributed by atoms with Gasteiger partial charge in [0.2, 0.25) is 6.10 Å². The van der Waals surface area contributed by atoms with Crippen LogP contribution in [0.15, 0.2) is 30.3 Å². The van der Waals surface area contributed by atoms with E-state index in [1.165, 1.54) is 0 Å². The maximum absolute atomic E-state index is 11.6. The molecule has 0 aliphatic carbocycles. The first-order valence-electron chi connectivity index (χ1n) is 5.31. The highest BCUT2D eigenvalue weighted by Gasteiger charge is 2.43. The molecule has 2 rings (SSSR count). The normalized spacial score (nSPS) is 22.8. The van der Waals surface area contributed by atoms with Crippen molar-refractivity contribution in [1.29, 1.82) is 0 Å². The Morgan fingerprint density at radius 3 is 2.65 bits per heavy atom. The Balaban J connectivity index is 2.20. The topological polar surface area (TPSA) is 61.8 Å². The molecular weight excluding hydrogens is 224 g/mol. The Morgan fingerprint density at radius 1 is 1.29 bits per heavy atom. The average molecular weight is 236 g/mol. The Bertz CT molecular complexity index is 414. The molecule has 1 fully saturated rings. The van der Waals surface area contributed by atoms with E-state index in [4.69, 9.17) is 14.2 Å². The lowest BCUT2D eigenvalue weighted by molar-refractivity contribution is -0.153. The van der Waals surface area contributed by atoms with Crippen LogP contribution in [-0.4, -0.2) is 24.8 Å². The Hall–Kier alpha value is -2.04. The molecule has 0 saturated carbocycles. The molecule has 5 nitrogen and oxygen atoms in total. The van der Waals surface area contributed by atoms with Crippen molar-refractivity contribution in [3.63, 3.8) is 0 Å². The van der Waals surface area contributed by atoms with Gasteiger partial charge in [-0.2, -0.15) is 0 Å². The first kappa shape index (κ1) is 11.4. The molecule has 0 N–H and O–H groups in total. The molecule has 1 saturated heterocycles. The summed E-state index contributed by atoms with van der Waals surface area (Å²) in [5.41, 5.74) is 0.705. The van der Waals surface area contributed by atoms with Crippen LogP contribution in [0, 0.1) is 0 Å². The summed E-state index contributed by atoms with van der Waals surface area (Å²) in [5.74, 6) is -0.591. The van der Waals surface area contributed by atoms with Crippen molar-refractivity contribution >= 4 is 12.1 Å². The second-order valence-corrected chi connectivity index (χ2v) is 3.49. The lowest BCUT2D eigenvalue weighted by Crippen LogP contribution is -2.28. The molecule has 1 aliphatic rings. The van der Waals surface area contributed by atoms with E-state index in [1.807, 2.05) is 6.07 Å². The molecule has 1 aromatic carbocycles. The molecule has 5 heteroatoms. The maximum Gasteiger partial charge on any atom is 0.510 e. The summed E-state index contributed by atoms with van der Waals surface area (Å²) in [7, 11) is 0. The number of cyclic esters (lactones) is 2. The fourth-order valence-corrected chi connectivity index (χ4v) is 1.64. The fourth-order valence-electron chi connectivity index (χ4n) is 1.64. The zero-order chi connectivity index (χ0) is 12.3. The molecule has 0 radical (unpaired) electrons. The van der Waals surface area contributed by atoms with Crippen LogP contribution in [0.1, 0.15) is 18.6 Å². The van der Waals surface area contributed by atoms with Crippen molar-refractivity contribution < 1.29 is 23.8 Å². The number of hydrogen-bond donors (Lipinski definition) is 0. The van der Waals surface area contributed by atoms with Crippen LogP contribution in [0.2, 0.25) is 0 Å². The molecule has 0 bridgehead atoms. The lowest BCUT2D eigenvalue weighted by Gasteiger charge is -2.13. The van der Waals surface area contributed by atoms with Gasteiger partial charge in [0, 0.05) is 0 Å². The van der Waals surface area contributed by atoms with Crippen molar-refractivity contribution in [2.45, 2.75) is 19.1 Å². The van der Waals surface area contributed by atoms with Gasteiger partial charge in [-0.1, -0.05) is 30.3 Å². The first-order valence-corrected chi connectivity index (χ1v) is 5.31. The van der Waals surface area contributed by atoms with Gasteiger partial charge in [-0.25, -0.2) is 9.59 Å². The highest BCUT2D eigenvalue weighted by molar-refractivity contribution is 5.81. The number of esters is 1. The summed E-state index contributed by atoms with van der Waals surface area (Å²) >= 11 is 0. The van der Waals surface area contributed by atoms with Crippen LogP contribution >= 0.6 is 0 Å². The van der Waals surface area contributed by atoms with Crippen LogP contribution in [0.25, 0.3) is 0 Å². The van der Waals surface area contributed by atoms with Crippen LogP contribution in [0.3, 0.4) is 0 Å². The Labute approximate surface area is 98.3 Å². The third kappa shape index (κ3) is 2.38. The molecule has 90 valence electrons. The quantitative estimate of drug-likeness (QED) is 0.749. The van der Waals surface area contributed by atoms with Gasteiger partial charge in [0.25, 0.3) is 0 Å². The third-order valence-electron chi connectivity index (χ3n) is 2.37. The number of rotatable bonds is 3. The van der Waals surface area contributed by atoms with E-state index in [0.717, 1.165) is 0 Å². The molecule has 0 unspecified atom stereocenters.